The molecule has 2 heteroatoms. The molecule has 0 radical (unpaired) electrons. The van der Waals surface area contributed by atoms with Gasteiger partial charge in [-0.25, -0.2) is 0 Å². The molecular weight excluding hydrogens is 495 g/mol. The maximum atomic E-state index is 5.07. The Morgan fingerprint density at radius 3 is 1.00 bits per heavy atom. The zero-order valence-corrected chi connectivity index (χ0v) is 27.9. The molecule has 34 heavy (non-hydrogen) atoms. The van der Waals surface area contributed by atoms with Crippen LogP contribution < -0.4 is 0 Å². The fourth-order valence-electron chi connectivity index (χ4n) is 7.59. The van der Waals surface area contributed by atoms with Gasteiger partial charge in [-0.2, -0.15) is 0 Å². The first-order valence-corrected chi connectivity index (χ1v) is 20.8. The second-order valence-electron chi connectivity index (χ2n) is 11.9. The number of rotatable bonds is 24. The average molecular weight is 564 g/mol. The summed E-state index contributed by atoms with van der Waals surface area (Å²) in [7, 11) is 0. The Morgan fingerprint density at radius 1 is 0.441 bits per heavy atom. The number of halogens is 1. The second kappa shape index (κ2) is 18.2. The van der Waals surface area contributed by atoms with Crippen molar-refractivity contribution in [2.75, 3.05) is 18.5 Å². The van der Waals surface area contributed by atoms with Crippen LogP contribution in [0.1, 0.15) is 177 Å². The quantitative estimate of drug-likeness (QED) is 0.102. The van der Waals surface area contributed by atoms with Crippen LogP contribution in [0.3, 0.4) is 0 Å². The van der Waals surface area contributed by atoms with Crippen LogP contribution in [0.5, 0.6) is 0 Å². The van der Waals surface area contributed by atoms with Gasteiger partial charge in [0, 0.05) is 0 Å². The molecular formula is C32H68BrP. The molecule has 0 aliphatic heterocycles. The van der Waals surface area contributed by atoms with Crippen LogP contribution in [0.15, 0.2) is 0 Å². The molecule has 0 amide bonds. The first kappa shape index (κ1) is 34.9. The van der Waals surface area contributed by atoms with Gasteiger partial charge in [-0.3, -0.25) is 0 Å². The Bertz CT molecular complexity index is 445. The fourth-order valence-corrected chi connectivity index (χ4v) is 20.1. The van der Waals surface area contributed by atoms with Crippen molar-refractivity contribution in [3.8, 4) is 0 Å². The van der Waals surface area contributed by atoms with Gasteiger partial charge in [-0.05, 0) is 0 Å². The molecule has 0 aromatic carbocycles. The van der Waals surface area contributed by atoms with Crippen molar-refractivity contribution in [3.05, 3.63) is 0 Å². The second-order valence-corrected chi connectivity index (χ2v) is 22.9. The van der Waals surface area contributed by atoms with E-state index in [9.17, 15) is 0 Å². The summed E-state index contributed by atoms with van der Waals surface area (Å²) in [6, 6.07) is 0. The van der Waals surface area contributed by atoms with Gasteiger partial charge >= 0.3 is 227 Å². The zero-order valence-electron chi connectivity index (χ0n) is 25.4. The summed E-state index contributed by atoms with van der Waals surface area (Å²) < 4.78 is 0. The van der Waals surface area contributed by atoms with E-state index in [0.717, 1.165) is 0 Å². The van der Waals surface area contributed by atoms with E-state index in [-0.39, 0.29) is 0 Å². The molecule has 0 saturated heterocycles. The maximum absolute atomic E-state index is 5.07. The van der Waals surface area contributed by atoms with Crippen LogP contribution >= 0.6 is 20.8 Å². The van der Waals surface area contributed by atoms with Crippen LogP contribution in [0.2, 0.25) is 0 Å². The van der Waals surface area contributed by atoms with Gasteiger partial charge in [0.2, 0.25) is 0 Å². The van der Waals surface area contributed by atoms with E-state index in [1.165, 1.54) is 140 Å². The molecule has 0 aromatic rings. The molecule has 0 spiro atoms. The molecule has 0 heterocycles. The topological polar surface area (TPSA) is 0 Å². The van der Waals surface area contributed by atoms with E-state index in [2.05, 4.69) is 55.4 Å². The molecule has 0 aromatic heterocycles. The molecule has 0 aliphatic carbocycles. The summed E-state index contributed by atoms with van der Waals surface area (Å²) in [5.41, 5.74) is 0.514. The van der Waals surface area contributed by atoms with Gasteiger partial charge in [0.05, 0.1) is 0 Å². The summed E-state index contributed by atoms with van der Waals surface area (Å²) >= 11 is 5.07. The van der Waals surface area contributed by atoms with Crippen LogP contribution in [0, 0.1) is 5.41 Å². The molecule has 0 fully saturated rings. The van der Waals surface area contributed by atoms with Gasteiger partial charge in [0.25, 0.3) is 0 Å². The van der Waals surface area contributed by atoms with Crippen LogP contribution in [-0.2, 0) is 0 Å². The van der Waals surface area contributed by atoms with E-state index in [1.807, 2.05) is 0 Å². The molecule has 208 valence electrons. The average Bonchev–Trinajstić information content (AvgIpc) is 2.86. The molecule has 0 unspecified atom stereocenters. The van der Waals surface area contributed by atoms with Crippen molar-refractivity contribution in [2.24, 2.45) is 5.41 Å². The van der Waals surface area contributed by atoms with Crippen LogP contribution in [-0.4, -0.2) is 23.6 Å². The van der Waals surface area contributed by atoms with Gasteiger partial charge in [-0.1, -0.05) is 0 Å². The van der Waals surface area contributed by atoms with E-state index in [1.54, 1.807) is 0 Å². The SMILES string of the molecule is CCCCC(CC)(CCCC)C(CCCC)(CCCC)P(Br)(CCCC)(CCCC)CCCC. The van der Waals surface area contributed by atoms with Crippen molar-refractivity contribution in [1.82, 2.24) is 0 Å². The third kappa shape index (κ3) is 8.47. The Morgan fingerprint density at radius 2 is 0.735 bits per heavy atom. The van der Waals surface area contributed by atoms with E-state index in [0.29, 0.717) is 10.6 Å². The van der Waals surface area contributed by atoms with Crippen molar-refractivity contribution in [2.45, 2.75) is 183 Å². The normalized spacial score (nSPS) is 14.3. The Balaban J connectivity index is 7.43. The molecule has 0 N–H and O–H groups in total. The summed E-state index contributed by atoms with van der Waals surface area (Å²) in [5, 5.41) is -1.66. The first-order chi connectivity index (χ1) is 16.3. The minimum absolute atomic E-state index is 0.514. The van der Waals surface area contributed by atoms with Crippen LogP contribution in [0.25, 0.3) is 0 Å². The summed E-state index contributed by atoms with van der Waals surface area (Å²) in [4.78, 5) is 0. The molecule has 0 rings (SSSR count). The monoisotopic (exact) mass is 562 g/mol. The van der Waals surface area contributed by atoms with E-state index < -0.39 is 5.31 Å². The predicted molar refractivity (Wildman–Crippen MR) is 169 cm³/mol. The molecule has 0 nitrogen and oxygen atoms in total. The summed E-state index contributed by atoms with van der Waals surface area (Å²) in [6.07, 6.45) is 31.3. The summed E-state index contributed by atoms with van der Waals surface area (Å²) in [6.45, 7) is 19.7. The van der Waals surface area contributed by atoms with Gasteiger partial charge in [0.1, 0.15) is 0 Å². The Hall–Kier alpha value is 0.910. The standard InChI is InChI=1S/C32H68BrP/c1-9-17-24-31(16-8,25-18-10-2)32(26-19-11-3,27-20-12-4)34(33,28-21-13-5,29-22-14-6)30-23-15-7/h9-30H2,1-8H3. The Kier molecular flexibility index (Phi) is 18.7. The fraction of sp³-hybridized carbons (Fsp3) is 1.00. The van der Waals surface area contributed by atoms with Gasteiger partial charge in [0.15, 0.2) is 0 Å². The third-order valence-corrected chi connectivity index (χ3v) is 22.0. The van der Waals surface area contributed by atoms with Gasteiger partial charge < -0.3 is 0 Å². The molecule has 0 aliphatic rings. The Labute approximate surface area is 226 Å². The number of unbranched alkanes of at least 4 members (excludes halogenated alkanes) is 7. The van der Waals surface area contributed by atoms with Crippen molar-refractivity contribution < 1.29 is 0 Å². The van der Waals surface area contributed by atoms with Crippen molar-refractivity contribution in [1.29, 1.82) is 0 Å². The molecule has 0 atom stereocenters. The van der Waals surface area contributed by atoms with Crippen molar-refractivity contribution >= 4 is 20.8 Å². The third-order valence-electron chi connectivity index (χ3n) is 9.71. The predicted octanol–water partition coefficient (Wildman–Crippen LogP) is 13.1. The molecule has 0 bridgehead atoms. The number of hydrogen-bond acceptors (Lipinski definition) is 0. The molecule has 0 saturated carbocycles. The number of hydrogen-bond donors (Lipinski definition) is 0. The van der Waals surface area contributed by atoms with E-state index in [4.69, 9.17) is 15.5 Å². The first-order valence-electron chi connectivity index (χ1n) is 16.0. The van der Waals surface area contributed by atoms with E-state index >= 15 is 0 Å². The minimum atomic E-state index is -2.18. The van der Waals surface area contributed by atoms with Crippen molar-refractivity contribution in [3.63, 3.8) is 0 Å². The zero-order chi connectivity index (χ0) is 26.0. The van der Waals surface area contributed by atoms with Gasteiger partial charge in [-0.15, -0.1) is 0 Å². The van der Waals surface area contributed by atoms with Crippen LogP contribution in [0.4, 0.5) is 0 Å². The summed E-state index contributed by atoms with van der Waals surface area (Å²) in [5.74, 6) is 0.